The van der Waals surface area contributed by atoms with Gasteiger partial charge in [-0.05, 0) is 43.3 Å². The molecule has 110 valence electrons. The Balaban J connectivity index is 2.30. The number of benzene rings is 1. The number of nitrogens with two attached hydrogens (primary N) is 1. The summed E-state index contributed by atoms with van der Waals surface area (Å²) in [5.41, 5.74) is 5.74. The summed E-state index contributed by atoms with van der Waals surface area (Å²) in [6, 6.07) is 8.15. The molecule has 1 heterocycles. The van der Waals surface area contributed by atoms with Gasteiger partial charge in [0.15, 0.2) is 0 Å². The van der Waals surface area contributed by atoms with E-state index in [1.165, 1.54) is 41.3 Å². The van der Waals surface area contributed by atoms with Gasteiger partial charge in [-0.25, -0.2) is 9.49 Å². The molecule has 6 nitrogen and oxygen atoms in total. The molecule has 0 atom stereocenters. The second-order valence-corrected chi connectivity index (χ2v) is 4.38. The lowest BCUT2D eigenvalue weighted by Gasteiger charge is -2.22. The first kappa shape index (κ1) is 14.9. The number of nitrogens with one attached hydrogen (secondary N) is 1. The monoisotopic (exact) mass is 290 g/mol. The smallest absolute Gasteiger partial charge is 0.278 e. The molecule has 0 radical (unpaired) electrons. The van der Waals surface area contributed by atoms with Gasteiger partial charge >= 0.3 is 0 Å². The van der Waals surface area contributed by atoms with Crippen molar-refractivity contribution in [2.75, 3.05) is 18.0 Å². The van der Waals surface area contributed by atoms with E-state index in [9.17, 15) is 14.0 Å². The summed E-state index contributed by atoms with van der Waals surface area (Å²) in [5.74, 6) is -0.765. The van der Waals surface area contributed by atoms with Crippen LogP contribution in [0.2, 0.25) is 0 Å². The maximum Gasteiger partial charge on any atom is 0.278 e. The first-order valence-corrected chi connectivity index (χ1v) is 6.45. The molecular weight excluding hydrogens is 275 g/mol. The van der Waals surface area contributed by atoms with Gasteiger partial charge in [-0.15, -0.1) is 0 Å². The fourth-order valence-corrected chi connectivity index (χ4v) is 1.82. The number of carbonyl (C=O) groups is 1. The quantitative estimate of drug-likeness (QED) is 0.856. The predicted molar refractivity (Wildman–Crippen MR) is 76.6 cm³/mol. The Kier molecular flexibility index (Phi) is 4.78. The van der Waals surface area contributed by atoms with Gasteiger partial charge in [-0.1, -0.05) is 0 Å². The molecule has 0 fully saturated rings. The Hall–Kier alpha value is -2.54. The number of aromatic amines is 1. The average molecular weight is 290 g/mol. The van der Waals surface area contributed by atoms with Crippen molar-refractivity contribution in [1.82, 2.24) is 10.2 Å². The van der Waals surface area contributed by atoms with Crippen molar-refractivity contribution in [2.24, 2.45) is 5.73 Å². The Morgan fingerprint density at radius 1 is 1.24 bits per heavy atom. The van der Waals surface area contributed by atoms with Crippen LogP contribution in [0.3, 0.4) is 0 Å². The number of rotatable bonds is 5. The summed E-state index contributed by atoms with van der Waals surface area (Å²) in [6.07, 6.45) is 0.590. The fourth-order valence-electron chi connectivity index (χ4n) is 1.82. The zero-order valence-electron chi connectivity index (χ0n) is 11.3. The number of nitrogens with zero attached hydrogens (tertiary/aromatic N) is 2. The summed E-state index contributed by atoms with van der Waals surface area (Å²) >= 11 is 0. The van der Waals surface area contributed by atoms with Crippen LogP contribution >= 0.6 is 0 Å². The molecule has 21 heavy (non-hydrogen) atoms. The molecule has 2 rings (SSSR count). The number of hydrogen-bond acceptors (Lipinski definition) is 4. The number of aromatic nitrogens is 2. The van der Waals surface area contributed by atoms with Gasteiger partial charge in [0.25, 0.3) is 11.5 Å². The topological polar surface area (TPSA) is 92.1 Å². The van der Waals surface area contributed by atoms with Crippen LogP contribution in [0.15, 0.2) is 41.2 Å². The van der Waals surface area contributed by atoms with Crippen LogP contribution in [0.4, 0.5) is 10.1 Å². The fraction of sp³-hybridized carbons (Fsp3) is 0.214. The largest absolute Gasteiger partial charge is 0.330 e. The molecule has 0 saturated carbocycles. The van der Waals surface area contributed by atoms with E-state index in [4.69, 9.17) is 5.73 Å². The van der Waals surface area contributed by atoms with Crippen molar-refractivity contribution in [3.63, 3.8) is 0 Å². The number of anilines is 1. The van der Waals surface area contributed by atoms with E-state index >= 15 is 0 Å². The molecular formula is C14H15FN4O2. The summed E-state index contributed by atoms with van der Waals surface area (Å²) in [7, 11) is 0. The standard InChI is InChI=1S/C14H15FN4O2/c15-10-2-4-11(5-3-10)19(9-1-8-16)14(21)12-6-7-13(20)18-17-12/h2-7H,1,8-9,16H2,(H,18,20). The van der Waals surface area contributed by atoms with Crippen molar-refractivity contribution in [3.8, 4) is 0 Å². The highest BCUT2D eigenvalue weighted by Gasteiger charge is 2.18. The van der Waals surface area contributed by atoms with Crippen molar-refractivity contribution < 1.29 is 9.18 Å². The molecule has 1 aromatic heterocycles. The third-order valence-electron chi connectivity index (χ3n) is 2.87. The number of H-pyrrole nitrogens is 1. The number of halogens is 1. The van der Waals surface area contributed by atoms with Gasteiger partial charge in [0.1, 0.15) is 11.5 Å². The summed E-state index contributed by atoms with van der Waals surface area (Å²) in [5, 5.41) is 5.93. The maximum absolute atomic E-state index is 13.0. The molecule has 0 aliphatic carbocycles. The van der Waals surface area contributed by atoms with Crippen LogP contribution in [0, 0.1) is 5.82 Å². The molecule has 3 N–H and O–H groups in total. The third-order valence-corrected chi connectivity index (χ3v) is 2.87. The third kappa shape index (κ3) is 3.73. The summed E-state index contributed by atoms with van der Waals surface area (Å²) in [4.78, 5) is 24.9. The first-order chi connectivity index (χ1) is 10.1. The van der Waals surface area contributed by atoms with Gasteiger partial charge in [0.2, 0.25) is 0 Å². The van der Waals surface area contributed by atoms with Crippen LogP contribution in [-0.2, 0) is 0 Å². The van der Waals surface area contributed by atoms with Gasteiger partial charge in [-0.3, -0.25) is 9.59 Å². The molecule has 0 unspecified atom stereocenters. The van der Waals surface area contributed by atoms with E-state index in [-0.39, 0.29) is 23.0 Å². The Labute approximate surface area is 120 Å². The Morgan fingerprint density at radius 3 is 2.52 bits per heavy atom. The van der Waals surface area contributed by atoms with Crippen molar-refractivity contribution in [3.05, 3.63) is 58.3 Å². The lowest BCUT2D eigenvalue weighted by molar-refractivity contribution is 0.0981. The first-order valence-electron chi connectivity index (χ1n) is 6.45. The molecule has 2 aromatic rings. The highest BCUT2D eigenvalue weighted by molar-refractivity contribution is 6.04. The lowest BCUT2D eigenvalue weighted by Crippen LogP contribution is -2.34. The van der Waals surface area contributed by atoms with Gasteiger partial charge < -0.3 is 10.6 Å². The van der Waals surface area contributed by atoms with E-state index in [2.05, 4.69) is 10.2 Å². The number of carbonyl (C=O) groups excluding carboxylic acids is 1. The van der Waals surface area contributed by atoms with E-state index in [1.807, 2.05) is 0 Å². The highest BCUT2D eigenvalue weighted by Crippen LogP contribution is 2.17. The normalized spacial score (nSPS) is 10.4. The zero-order valence-corrected chi connectivity index (χ0v) is 11.3. The number of hydrogen-bond donors (Lipinski definition) is 2. The van der Waals surface area contributed by atoms with E-state index in [1.54, 1.807) is 0 Å². The van der Waals surface area contributed by atoms with Gasteiger partial charge in [0, 0.05) is 18.3 Å². The zero-order chi connectivity index (χ0) is 15.2. The molecule has 0 saturated heterocycles. The van der Waals surface area contributed by atoms with Crippen LogP contribution in [0.5, 0.6) is 0 Å². The van der Waals surface area contributed by atoms with E-state index < -0.39 is 0 Å². The van der Waals surface area contributed by atoms with Gasteiger partial charge in [0.05, 0.1) is 0 Å². The minimum atomic E-state index is -0.387. The molecule has 1 aromatic carbocycles. The van der Waals surface area contributed by atoms with Crippen LogP contribution < -0.4 is 16.2 Å². The highest BCUT2D eigenvalue weighted by atomic mass is 19.1. The van der Waals surface area contributed by atoms with E-state index in [0.29, 0.717) is 25.2 Å². The molecule has 0 aliphatic heterocycles. The summed E-state index contributed by atoms with van der Waals surface area (Å²) in [6.45, 7) is 0.797. The lowest BCUT2D eigenvalue weighted by atomic mass is 10.2. The van der Waals surface area contributed by atoms with Crippen LogP contribution in [0.1, 0.15) is 16.9 Å². The Bertz CT molecular complexity index is 649. The SMILES string of the molecule is NCCCN(C(=O)c1ccc(=O)[nH]n1)c1ccc(F)cc1. The predicted octanol–water partition coefficient (Wildman–Crippen LogP) is 0.905. The second-order valence-electron chi connectivity index (χ2n) is 4.38. The summed E-state index contributed by atoms with van der Waals surface area (Å²) < 4.78 is 13.0. The van der Waals surface area contributed by atoms with Crippen molar-refractivity contribution >= 4 is 11.6 Å². The van der Waals surface area contributed by atoms with Crippen molar-refractivity contribution in [2.45, 2.75) is 6.42 Å². The van der Waals surface area contributed by atoms with Crippen LogP contribution in [-0.4, -0.2) is 29.2 Å². The number of amides is 1. The van der Waals surface area contributed by atoms with Gasteiger partial charge in [-0.2, -0.15) is 5.10 Å². The minimum Gasteiger partial charge on any atom is -0.330 e. The maximum atomic E-state index is 13.0. The average Bonchev–Trinajstić information content (AvgIpc) is 2.50. The second kappa shape index (κ2) is 6.76. The van der Waals surface area contributed by atoms with E-state index in [0.717, 1.165) is 0 Å². The molecule has 1 amide bonds. The van der Waals surface area contributed by atoms with Crippen molar-refractivity contribution in [1.29, 1.82) is 0 Å². The molecule has 0 bridgehead atoms. The Morgan fingerprint density at radius 2 is 1.95 bits per heavy atom. The molecule has 7 heteroatoms. The van der Waals surface area contributed by atoms with Crippen LogP contribution in [0.25, 0.3) is 0 Å². The minimum absolute atomic E-state index is 0.107. The molecule has 0 aliphatic rings. The molecule has 0 spiro atoms.